The van der Waals surface area contributed by atoms with E-state index in [1.165, 1.54) is 7.11 Å². The molecule has 1 aromatic rings. The zero-order chi connectivity index (χ0) is 10.6. The van der Waals surface area contributed by atoms with Crippen LogP contribution < -0.4 is 5.73 Å². The molecule has 1 atom stereocenters. The maximum Gasteiger partial charge on any atom is 0.330 e. The number of methoxy groups -OCH3 is 1. The number of carbonyl (C=O) groups is 1. The van der Waals surface area contributed by atoms with Crippen molar-refractivity contribution in [3.05, 3.63) is 35.9 Å². The van der Waals surface area contributed by atoms with E-state index in [1.54, 1.807) is 30.3 Å². The topological polar surface area (TPSA) is 72.5 Å². The second-order valence-electron chi connectivity index (χ2n) is 3.08. The van der Waals surface area contributed by atoms with Crippen LogP contribution in [-0.2, 0) is 15.1 Å². The molecule has 0 aromatic heterocycles. The highest BCUT2D eigenvalue weighted by Gasteiger charge is 2.35. The van der Waals surface area contributed by atoms with Crippen molar-refractivity contribution < 1.29 is 14.6 Å². The Balaban J connectivity index is 3.06. The first kappa shape index (κ1) is 10.7. The van der Waals surface area contributed by atoms with Crippen LogP contribution in [0.3, 0.4) is 0 Å². The van der Waals surface area contributed by atoms with Gasteiger partial charge in [0.15, 0.2) is 5.54 Å². The zero-order valence-electron chi connectivity index (χ0n) is 7.93. The molecule has 0 radical (unpaired) electrons. The van der Waals surface area contributed by atoms with E-state index in [4.69, 9.17) is 15.6 Å². The lowest BCUT2D eigenvalue weighted by atomic mass is 9.92. The third-order valence-electron chi connectivity index (χ3n) is 2.04. The largest absolute Gasteiger partial charge is 0.480 e. The van der Waals surface area contributed by atoms with Gasteiger partial charge in [-0.1, -0.05) is 30.3 Å². The van der Waals surface area contributed by atoms with E-state index >= 15 is 0 Å². The summed E-state index contributed by atoms with van der Waals surface area (Å²) in [6.45, 7) is -0.0493. The summed E-state index contributed by atoms with van der Waals surface area (Å²) >= 11 is 0. The fourth-order valence-electron chi connectivity index (χ4n) is 1.23. The molecule has 3 N–H and O–H groups in total. The molecule has 0 amide bonds. The van der Waals surface area contributed by atoms with Crippen LogP contribution in [-0.4, -0.2) is 24.8 Å². The van der Waals surface area contributed by atoms with Gasteiger partial charge in [0.1, 0.15) is 0 Å². The molecule has 76 valence electrons. The van der Waals surface area contributed by atoms with E-state index in [0.717, 1.165) is 0 Å². The summed E-state index contributed by atoms with van der Waals surface area (Å²) in [5, 5.41) is 9.01. The molecule has 0 aliphatic carbocycles. The molecule has 4 heteroatoms. The third-order valence-corrected chi connectivity index (χ3v) is 2.04. The average molecular weight is 195 g/mol. The van der Waals surface area contributed by atoms with Gasteiger partial charge in [-0.2, -0.15) is 0 Å². The van der Waals surface area contributed by atoms with Gasteiger partial charge in [0.25, 0.3) is 0 Å². The molecule has 0 heterocycles. The van der Waals surface area contributed by atoms with Crippen LogP contribution in [0.1, 0.15) is 5.56 Å². The first-order valence-corrected chi connectivity index (χ1v) is 4.18. The number of carboxylic acid groups (broad SMARTS) is 1. The molecule has 0 aliphatic rings. The van der Waals surface area contributed by atoms with Crippen LogP contribution in [0.5, 0.6) is 0 Å². The Morgan fingerprint density at radius 1 is 1.50 bits per heavy atom. The first-order valence-electron chi connectivity index (χ1n) is 4.18. The van der Waals surface area contributed by atoms with Crippen LogP contribution in [0.2, 0.25) is 0 Å². The molecule has 0 saturated carbocycles. The van der Waals surface area contributed by atoms with E-state index in [-0.39, 0.29) is 6.61 Å². The van der Waals surface area contributed by atoms with E-state index in [1.807, 2.05) is 0 Å². The van der Waals surface area contributed by atoms with Crippen molar-refractivity contribution in [2.45, 2.75) is 5.54 Å². The van der Waals surface area contributed by atoms with Crippen molar-refractivity contribution in [2.24, 2.45) is 5.73 Å². The smallest absolute Gasteiger partial charge is 0.330 e. The Bertz CT molecular complexity index is 312. The highest BCUT2D eigenvalue weighted by atomic mass is 16.5. The van der Waals surface area contributed by atoms with Crippen LogP contribution in [0.15, 0.2) is 30.3 Å². The van der Waals surface area contributed by atoms with Crippen molar-refractivity contribution >= 4 is 5.97 Å². The summed E-state index contributed by atoms with van der Waals surface area (Å²) < 4.78 is 4.82. The van der Waals surface area contributed by atoms with Crippen molar-refractivity contribution in [3.8, 4) is 0 Å². The molecule has 1 rings (SSSR count). The fourth-order valence-corrected chi connectivity index (χ4v) is 1.23. The summed E-state index contributed by atoms with van der Waals surface area (Å²) in [5.74, 6) is -1.09. The van der Waals surface area contributed by atoms with Crippen molar-refractivity contribution in [2.75, 3.05) is 13.7 Å². The molecule has 1 aromatic carbocycles. The minimum atomic E-state index is -1.46. The minimum Gasteiger partial charge on any atom is -0.480 e. The Morgan fingerprint density at radius 3 is 2.50 bits per heavy atom. The van der Waals surface area contributed by atoms with Gasteiger partial charge in [0, 0.05) is 7.11 Å². The maximum absolute atomic E-state index is 11.0. The highest BCUT2D eigenvalue weighted by molar-refractivity contribution is 5.80. The lowest BCUT2D eigenvalue weighted by Crippen LogP contribution is -2.48. The van der Waals surface area contributed by atoms with Crippen molar-refractivity contribution in [3.63, 3.8) is 0 Å². The van der Waals surface area contributed by atoms with Gasteiger partial charge >= 0.3 is 5.97 Å². The van der Waals surface area contributed by atoms with Crippen molar-refractivity contribution in [1.29, 1.82) is 0 Å². The van der Waals surface area contributed by atoms with Crippen LogP contribution in [0, 0.1) is 0 Å². The number of hydrogen-bond donors (Lipinski definition) is 2. The van der Waals surface area contributed by atoms with E-state index in [0.29, 0.717) is 5.56 Å². The lowest BCUT2D eigenvalue weighted by Gasteiger charge is -2.23. The van der Waals surface area contributed by atoms with Gasteiger partial charge in [0.05, 0.1) is 6.61 Å². The molecule has 0 aliphatic heterocycles. The molecule has 4 nitrogen and oxygen atoms in total. The number of ether oxygens (including phenoxy) is 1. The Morgan fingerprint density at radius 2 is 2.07 bits per heavy atom. The van der Waals surface area contributed by atoms with E-state index in [9.17, 15) is 4.79 Å². The van der Waals surface area contributed by atoms with Gasteiger partial charge in [0.2, 0.25) is 0 Å². The molecule has 0 bridgehead atoms. The summed E-state index contributed by atoms with van der Waals surface area (Å²) in [6.07, 6.45) is 0. The quantitative estimate of drug-likeness (QED) is 0.736. The molecule has 0 saturated heterocycles. The Labute approximate surface area is 82.3 Å². The normalized spacial score (nSPS) is 14.7. The van der Waals surface area contributed by atoms with Crippen LogP contribution in [0.25, 0.3) is 0 Å². The summed E-state index contributed by atoms with van der Waals surface area (Å²) in [5.41, 5.74) is 4.82. The molecular formula is C10H13NO3. The average Bonchev–Trinajstić information content (AvgIpc) is 2.19. The van der Waals surface area contributed by atoms with Gasteiger partial charge in [-0.05, 0) is 5.56 Å². The molecule has 14 heavy (non-hydrogen) atoms. The van der Waals surface area contributed by atoms with Crippen molar-refractivity contribution in [1.82, 2.24) is 0 Å². The SMILES string of the molecule is COC[C@@](N)(C(=O)O)c1ccccc1. The van der Waals surface area contributed by atoms with E-state index in [2.05, 4.69) is 0 Å². The second-order valence-corrected chi connectivity index (χ2v) is 3.08. The number of aliphatic carboxylic acids is 1. The molecule has 0 spiro atoms. The molecule has 0 fully saturated rings. The maximum atomic E-state index is 11.0. The molecular weight excluding hydrogens is 182 g/mol. The Kier molecular flexibility index (Phi) is 3.22. The van der Waals surface area contributed by atoms with Gasteiger partial charge in [-0.25, -0.2) is 4.79 Å². The second kappa shape index (κ2) is 4.21. The minimum absolute atomic E-state index is 0.0493. The molecule has 0 unspecified atom stereocenters. The number of rotatable bonds is 4. The zero-order valence-corrected chi connectivity index (χ0v) is 7.93. The third kappa shape index (κ3) is 1.92. The lowest BCUT2D eigenvalue weighted by molar-refractivity contribution is -0.145. The number of hydrogen-bond acceptors (Lipinski definition) is 3. The van der Waals surface area contributed by atoms with Crippen LogP contribution in [0.4, 0.5) is 0 Å². The predicted octanol–water partition coefficient (Wildman–Crippen LogP) is 0.572. The standard InChI is InChI=1S/C10H13NO3/c1-14-7-10(11,9(12)13)8-5-3-2-4-6-8/h2-6H,7,11H2,1H3,(H,12,13)/t10-/m0/s1. The van der Waals surface area contributed by atoms with Gasteiger partial charge < -0.3 is 15.6 Å². The monoisotopic (exact) mass is 195 g/mol. The fraction of sp³-hybridized carbons (Fsp3) is 0.300. The van der Waals surface area contributed by atoms with Gasteiger partial charge in [-0.15, -0.1) is 0 Å². The Hall–Kier alpha value is -1.39. The van der Waals surface area contributed by atoms with Crippen LogP contribution >= 0.6 is 0 Å². The number of benzene rings is 1. The summed E-state index contributed by atoms with van der Waals surface area (Å²) in [7, 11) is 1.42. The summed E-state index contributed by atoms with van der Waals surface area (Å²) in [6, 6.07) is 8.64. The van der Waals surface area contributed by atoms with Gasteiger partial charge in [-0.3, -0.25) is 0 Å². The highest BCUT2D eigenvalue weighted by Crippen LogP contribution is 2.18. The predicted molar refractivity (Wildman–Crippen MR) is 51.8 cm³/mol. The van der Waals surface area contributed by atoms with E-state index < -0.39 is 11.5 Å². The first-order chi connectivity index (χ1) is 6.61. The number of nitrogens with two attached hydrogens (primary N) is 1. The number of carboxylic acids is 1. The summed E-state index contributed by atoms with van der Waals surface area (Å²) in [4.78, 5) is 11.0.